The highest BCUT2D eigenvalue weighted by Crippen LogP contribution is 2.22. The zero-order valence-corrected chi connectivity index (χ0v) is 14.3. The van der Waals surface area contributed by atoms with Gasteiger partial charge in [0.1, 0.15) is 5.75 Å². The monoisotopic (exact) mass is 359 g/mol. The molecule has 9 heteroatoms. The molecular formula is C16H17N5O3S. The van der Waals surface area contributed by atoms with Gasteiger partial charge in [-0.2, -0.15) is 5.10 Å². The summed E-state index contributed by atoms with van der Waals surface area (Å²) >= 11 is 0. The minimum absolute atomic E-state index is 0.0867. The number of hydrogen-bond acceptors (Lipinski definition) is 6. The first-order chi connectivity index (χ1) is 12.1. The lowest BCUT2D eigenvalue weighted by Gasteiger charge is -2.08. The lowest BCUT2D eigenvalue weighted by Crippen LogP contribution is -2.15. The van der Waals surface area contributed by atoms with Crippen molar-refractivity contribution in [1.29, 1.82) is 0 Å². The minimum Gasteiger partial charge on any atom is -0.438 e. The standard InChI is InChI=1S/C16H17N5O3S/c1-2-12-25(22,23)20-13-4-6-14(7-5-13)24-16-9-8-15(18-19-16)21-11-3-10-17-21/h3-11,20H,2,12H2,1H3. The molecule has 1 N–H and O–H groups in total. The van der Waals surface area contributed by atoms with Crippen LogP contribution >= 0.6 is 0 Å². The van der Waals surface area contributed by atoms with Crippen molar-refractivity contribution in [1.82, 2.24) is 20.0 Å². The number of hydrogen-bond donors (Lipinski definition) is 1. The van der Waals surface area contributed by atoms with Gasteiger partial charge in [-0.25, -0.2) is 13.1 Å². The number of nitrogens with one attached hydrogen (secondary N) is 1. The van der Waals surface area contributed by atoms with Crippen LogP contribution in [0.1, 0.15) is 13.3 Å². The molecule has 1 aromatic carbocycles. The molecule has 0 amide bonds. The van der Waals surface area contributed by atoms with Gasteiger partial charge >= 0.3 is 0 Å². The molecule has 130 valence electrons. The maximum atomic E-state index is 11.7. The van der Waals surface area contributed by atoms with Crippen LogP contribution in [0.15, 0.2) is 54.9 Å². The largest absolute Gasteiger partial charge is 0.438 e. The van der Waals surface area contributed by atoms with E-state index < -0.39 is 10.0 Å². The fourth-order valence-electron chi connectivity index (χ4n) is 2.11. The lowest BCUT2D eigenvalue weighted by molar-refractivity contribution is 0.454. The van der Waals surface area contributed by atoms with Crippen molar-refractivity contribution in [3.05, 3.63) is 54.9 Å². The molecule has 0 unspecified atom stereocenters. The van der Waals surface area contributed by atoms with Crippen molar-refractivity contribution in [2.24, 2.45) is 0 Å². The van der Waals surface area contributed by atoms with E-state index >= 15 is 0 Å². The van der Waals surface area contributed by atoms with Crippen LogP contribution in [0.5, 0.6) is 11.6 Å². The van der Waals surface area contributed by atoms with Crippen LogP contribution in [0.4, 0.5) is 5.69 Å². The van der Waals surface area contributed by atoms with Gasteiger partial charge in [0.25, 0.3) is 0 Å². The van der Waals surface area contributed by atoms with Crippen molar-refractivity contribution in [3.8, 4) is 17.4 Å². The molecule has 0 fully saturated rings. The van der Waals surface area contributed by atoms with Crippen molar-refractivity contribution in [2.75, 3.05) is 10.5 Å². The van der Waals surface area contributed by atoms with Gasteiger partial charge < -0.3 is 4.74 Å². The second-order valence-electron chi connectivity index (χ2n) is 5.23. The van der Waals surface area contributed by atoms with Crippen LogP contribution < -0.4 is 9.46 Å². The molecule has 8 nitrogen and oxygen atoms in total. The quantitative estimate of drug-likeness (QED) is 0.696. The maximum absolute atomic E-state index is 11.7. The molecule has 2 aromatic heterocycles. The van der Waals surface area contributed by atoms with Gasteiger partial charge in [-0.05, 0) is 42.8 Å². The highest BCUT2D eigenvalue weighted by molar-refractivity contribution is 7.92. The molecule has 0 aliphatic heterocycles. The molecule has 0 aliphatic rings. The Kier molecular flexibility index (Phi) is 4.94. The fraction of sp³-hybridized carbons (Fsp3) is 0.188. The normalized spacial score (nSPS) is 11.2. The summed E-state index contributed by atoms with van der Waals surface area (Å²) in [6.07, 6.45) is 3.98. The summed E-state index contributed by atoms with van der Waals surface area (Å²) in [5.41, 5.74) is 0.487. The molecule has 0 aliphatic carbocycles. The highest BCUT2D eigenvalue weighted by atomic mass is 32.2. The molecule has 25 heavy (non-hydrogen) atoms. The Hall–Kier alpha value is -2.94. The van der Waals surface area contributed by atoms with E-state index in [4.69, 9.17) is 4.74 Å². The topological polar surface area (TPSA) is 99.0 Å². The van der Waals surface area contributed by atoms with Crippen molar-refractivity contribution in [2.45, 2.75) is 13.3 Å². The van der Waals surface area contributed by atoms with Gasteiger partial charge in [0, 0.05) is 24.1 Å². The zero-order valence-electron chi connectivity index (χ0n) is 13.5. The molecule has 0 saturated heterocycles. The Morgan fingerprint density at radius 3 is 2.52 bits per heavy atom. The molecule has 0 radical (unpaired) electrons. The Balaban J connectivity index is 1.65. The summed E-state index contributed by atoms with van der Waals surface area (Å²) in [4.78, 5) is 0. The van der Waals surface area contributed by atoms with E-state index in [1.807, 2.05) is 6.92 Å². The van der Waals surface area contributed by atoms with E-state index in [0.717, 1.165) is 0 Å². The molecule has 0 saturated carbocycles. The number of ether oxygens (including phenoxy) is 1. The van der Waals surface area contributed by atoms with Crippen molar-refractivity contribution in [3.63, 3.8) is 0 Å². The van der Waals surface area contributed by atoms with E-state index in [1.165, 1.54) is 0 Å². The molecule has 3 rings (SSSR count). The van der Waals surface area contributed by atoms with Gasteiger partial charge in [-0.1, -0.05) is 6.92 Å². The number of aromatic nitrogens is 4. The van der Waals surface area contributed by atoms with E-state index in [0.29, 0.717) is 29.6 Å². The number of anilines is 1. The van der Waals surface area contributed by atoms with Crippen LogP contribution in [0.25, 0.3) is 5.82 Å². The molecular weight excluding hydrogens is 342 g/mol. The van der Waals surface area contributed by atoms with Gasteiger partial charge in [0.05, 0.1) is 5.75 Å². The number of benzene rings is 1. The molecule has 0 bridgehead atoms. The van der Waals surface area contributed by atoms with Crippen molar-refractivity contribution < 1.29 is 13.2 Å². The van der Waals surface area contributed by atoms with E-state index in [1.54, 1.807) is 59.5 Å². The summed E-state index contributed by atoms with van der Waals surface area (Å²) in [6.45, 7) is 1.81. The van der Waals surface area contributed by atoms with Gasteiger partial charge in [-0.15, -0.1) is 10.2 Å². The number of rotatable bonds is 7. The SMILES string of the molecule is CCCS(=O)(=O)Nc1ccc(Oc2ccc(-n3cccn3)nn2)cc1. The van der Waals surface area contributed by atoms with Gasteiger partial charge in [0.15, 0.2) is 5.82 Å². The van der Waals surface area contributed by atoms with E-state index in [9.17, 15) is 8.42 Å². The Morgan fingerprint density at radius 1 is 1.12 bits per heavy atom. The third-order valence-electron chi connectivity index (χ3n) is 3.19. The van der Waals surface area contributed by atoms with Gasteiger partial charge in [0.2, 0.25) is 15.9 Å². The molecule has 0 atom stereocenters. The first kappa shape index (κ1) is 16.9. The lowest BCUT2D eigenvalue weighted by atomic mass is 10.3. The summed E-state index contributed by atoms with van der Waals surface area (Å²) in [5.74, 6) is 1.52. The van der Waals surface area contributed by atoms with E-state index in [-0.39, 0.29) is 5.75 Å². The van der Waals surface area contributed by atoms with E-state index in [2.05, 4.69) is 20.0 Å². The minimum atomic E-state index is -3.30. The Bertz CT molecular complexity index is 907. The summed E-state index contributed by atoms with van der Waals surface area (Å²) in [5, 5.41) is 12.1. The predicted octanol–water partition coefficient (Wildman–Crippen LogP) is 2.61. The van der Waals surface area contributed by atoms with Crippen LogP contribution in [0, 0.1) is 0 Å². The average Bonchev–Trinajstić information content (AvgIpc) is 3.11. The molecule has 3 aromatic rings. The Morgan fingerprint density at radius 2 is 1.92 bits per heavy atom. The predicted molar refractivity (Wildman–Crippen MR) is 93.4 cm³/mol. The summed E-state index contributed by atoms with van der Waals surface area (Å²) in [6, 6.07) is 11.8. The smallest absolute Gasteiger partial charge is 0.238 e. The summed E-state index contributed by atoms with van der Waals surface area (Å²) in [7, 11) is -3.30. The Labute approximate surface area is 145 Å². The molecule has 2 heterocycles. The van der Waals surface area contributed by atoms with Crippen LogP contribution in [-0.4, -0.2) is 34.1 Å². The number of sulfonamides is 1. The van der Waals surface area contributed by atoms with Crippen LogP contribution in [-0.2, 0) is 10.0 Å². The average molecular weight is 359 g/mol. The van der Waals surface area contributed by atoms with Crippen LogP contribution in [0.3, 0.4) is 0 Å². The third-order valence-corrected chi connectivity index (χ3v) is 4.68. The number of nitrogens with zero attached hydrogens (tertiary/aromatic N) is 4. The first-order valence-electron chi connectivity index (χ1n) is 7.68. The second-order valence-corrected chi connectivity index (χ2v) is 7.07. The molecule has 0 spiro atoms. The maximum Gasteiger partial charge on any atom is 0.238 e. The summed E-state index contributed by atoms with van der Waals surface area (Å²) < 4.78 is 33.2. The zero-order chi connectivity index (χ0) is 17.7. The van der Waals surface area contributed by atoms with Gasteiger partial charge in [-0.3, -0.25) is 4.72 Å². The van der Waals surface area contributed by atoms with Crippen LogP contribution in [0.2, 0.25) is 0 Å². The third kappa shape index (κ3) is 4.54. The fourth-order valence-corrected chi connectivity index (χ4v) is 3.24. The second kappa shape index (κ2) is 7.31. The first-order valence-corrected chi connectivity index (χ1v) is 9.33. The van der Waals surface area contributed by atoms with Crippen molar-refractivity contribution >= 4 is 15.7 Å². The highest BCUT2D eigenvalue weighted by Gasteiger charge is 2.09.